The van der Waals surface area contributed by atoms with Crippen LogP contribution in [0, 0.1) is 0 Å². The van der Waals surface area contributed by atoms with E-state index in [4.69, 9.17) is 4.79 Å². The molecule has 2 heteroatoms. The summed E-state index contributed by atoms with van der Waals surface area (Å²) in [6, 6.07) is 10.5. The van der Waals surface area contributed by atoms with Crippen LogP contribution in [0.25, 0.3) is 0 Å². The van der Waals surface area contributed by atoms with Gasteiger partial charge >= 0.3 is 0 Å². The quantitative estimate of drug-likeness (QED) is 0.479. The molecule has 70 valence electrons. The molecule has 0 N–H and O–H groups in total. The Morgan fingerprint density at radius 2 is 1.69 bits per heavy atom. The van der Waals surface area contributed by atoms with Crippen LogP contribution in [0.2, 0.25) is 0 Å². The highest BCUT2D eigenvalue weighted by Crippen LogP contribution is 2.11. The maximum Gasteiger partial charge on any atom is 0.234 e. The van der Waals surface area contributed by atoms with Gasteiger partial charge in [-0.15, -0.1) is 0 Å². The zero-order chi connectivity index (χ0) is 10.1. The van der Waals surface area contributed by atoms with Gasteiger partial charge in [0.15, 0.2) is 0 Å². The fraction of sp³-hybridized carbons (Fsp3) is 0.364. The predicted molar refractivity (Wildman–Crippen MR) is 54.6 cm³/mol. The molecule has 0 saturated heterocycles. The molecule has 0 fully saturated rings. The minimum absolute atomic E-state index is 0.659. The second-order valence-corrected chi connectivity index (χ2v) is 2.88. The molecule has 0 aliphatic heterocycles. The number of aliphatic imine (C=N–C) groups is 1. The summed E-state index contributed by atoms with van der Waals surface area (Å²) >= 11 is 0. The average molecular weight is 177 g/mol. The largest absolute Gasteiger partial charge is 0.234 e. The van der Waals surface area contributed by atoms with Gasteiger partial charge in [-0.3, -0.25) is 0 Å². The van der Waals surface area contributed by atoms with E-state index < -0.39 is 0 Å². The van der Waals surface area contributed by atoms with Crippen LogP contribution in [0.3, 0.4) is 0 Å². The van der Waals surface area contributed by atoms with Crippen LogP contribution in [0.5, 0.6) is 0 Å². The Morgan fingerprint density at radius 3 is 1.92 bits per heavy atom. The van der Waals surface area contributed by atoms with Gasteiger partial charge in [-0.05, 0) is 11.5 Å². The number of hydrogen-bond acceptors (Lipinski definition) is 2. The SMILES string of the molecule is CC(C)c1ccccc1.CN=C=O. The Morgan fingerprint density at radius 1 is 1.23 bits per heavy atom. The molecule has 0 atom stereocenters. The predicted octanol–water partition coefficient (Wildman–Crippen LogP) is 2.76. The van der Waals surface area contributed by atoms with Crippen molar-refractivity contribution in [1.29, 1.82) is 0 Å². The number of isocyanates is 1. The highest BCUT2D eigenvalue weighted by molar-refractivity contribution is 5.32. The molecule has 13 heavy (non-hydrogen) atoms. The first-order chi connectivity index (χ1) is 6.22. The molecule has 0 radical (unpaired) electrons. The highest BCUT2D eigenvalue weighted by atomic mass is 16.1. The van der Waals surface area contributed by atoms with Crippen LogP contribution >= 0.6 is 0 Å². The van der Waals surface area contributed by atoms with E-state index >= 15 is 0 Å². The number of nitrogens with zero attached hydrogens (tertiary/aromatic N) is 1. The zero-order valence-corrected chi connectivity index (χ0v) is 8.32. The highest BCUT2D eigenvalue weighted by Gasteiger charge is 1.93. The molecule has 1 aromatic carbocycles. The molecular weight excluding hydrogens is 162 g/mol. The Hall–Kier alpha value is -1.40. The van der Waals surface area contributed by atoms with Crippen molar-refractivity contribution in [2.75, 3.05) is 7.05 Å². The fourth-order valence-corrected chi connectivity index (χ4v) is 0.838. The average Bonchev–Trinajstić information content (AvgIpc) is 2.19. The van der Waals surface area contributed by atoms with E-state index in [9.17, 15) is 0 Å². The molecule has 2 nitrogen and oxygen atoms in total. The van der Waals surface area contributed by atoms with Gasteiger partial charge in [-0.25, -0.2) is 9.79 Å². The van der Waals surface area contributed by atoms with Crippen molar-refractivity contribution in [2.45, 2.75) is 19.8 Å². The van der Waals surface area contributed by atoms with Crippen LogP contribution in [-0.2, 0) is 4.79 Å². The molecule has 0 amide bonds. The van der Waals surface area contributed by atoms with Gasteiger partial charge in [0.05, 0.1) is 0 Å². The summed E-state index contributed by atoms with van der Waals surface area (Å²) < 4.78 is 0. The van der Waals surface area contributed by atoms with Crippen LogP contribution in [0.4, 0.5) is 0 Å². The van der Waals surface area contributed by atoms with Gasteiger partial charge < -0.3 is 0 Å². The third kappa shape index (κ3) is 5.83. The first kappa shape index (κ1) is 11.6. The standard InChI is InChI=1S/C9H12.C2H3NO/c1-8(2)9-6-4-3-5-7-9;1-3-2-4/h3-8H,1-2H3;1H3. The van der Waals surface area contributed by atoms with Crippen LogP contribution in [0.1, 0.15) is 25.3 Å². The van der Waals surface area contributed by atoms with Gasteiger partial charge in [0.1, 0.15) is 0 Å². The van der Waals surface area contributed by atoms with E-state index in [0.29, 0.717) is 5.92 Å². The molecule has 0 bridgehead atoms. The molecule has 0 aromatic heterocycles. The third-order valence-electron chi connectivity index (χ3n) is 1.56. The van der Waals surface area contributed by atoms with E-state index in [0.717, 1.165) is 0 Å². The summed E-state index contributed by atoms with van der Waals surface area (Å²) in [5.41, 5.74) is 1.41. The smallest absolute Gasteiger partial charge is 0.211 e. The normalized spacial score (nSPS) is 8.31. The lowest BCUT2D eigenvalue weighted by Crippen LogP contribution is -1.83. The Labute approximate surface area is 79.3 Å². The minimum Gasteiger partial charge on any atom is -0.211 e. The van der Waals surface area contributed by atoms with Gasteiger partial charge in [0, 0.05) is 7.05 Å². The fourth-order valence-electron chi connectivity index (χ4n) is 0.838. The van der Waals surface area contributed by atoms with Crippen LogP contribution < -0.4 is 0 Å². The Kier molecular flexibility index (Phi) is 6.48. The van der Waals surface area contributed by atoms with Crippen LogP contribution in [0.15, 0.2) is 35.3 Å². The molecule has 0 aliphatic rings. The van der Waals surface area contributed by atoms with Crippen molar-refractivity contribution in [3.05, 3.63) is 35.9 Å². The molecule has 0 spiro atoms. The van der Waals surface area contributed by atoms with E-state index in [1.54, 1.807) is 0 Å². The molecular formula is C11H15NO. The Balaban J connectivity index is 0.000000310. The van der Waals surface area contributed by atoms with Gasteiger partial charge in [0.2, 0.25) is 6.08 Å². The second-order valence-electron chi connectivity index (χ2n) is 2.88. The van der Waals surface area contributed by atoms with E-state index in [1.165, 1.54) is 18.7 Å². The van der Waals surface area contributed by atoms with Crippen molar-refractivity contribution in [3.8, 4) is 0 Å². The monoisotopic (exact) mass is 177 g/mol. The summed E-state index contributed by atoms with van der Waals surface area (Å²) in [5.74, 6) is 0.659. The minimum atomic E-state index is 0.659. The van der Waals surface area contributed by atoms with E-state index in [1.807, 2.05) is 6.07 Å². The molecule has 0 unspecified atom stereocenters. The third-order valence-corrected chi connectivity index (χ3v) is 1.56. The lowest BCUT2D eigenvalue weighted by molar-refractivity contribution is 0.564. The molecule has 1 rings (SSSR count). The maximum absolute atomic E-state index is 8.88. The zero-order valence-electron chi connectivity index (χ0n) is 8.32. The van der Waals surface area contributed by atoms with Crippen LogP contribution in [-0.4, -0.2) is 13.1 Å². The second kappa shape index (κ2) is 7.26. The molecule has 0 heterocycles. The lowest BCUT2D eigenvalue weighted by Gasteiger charge is -2.01. The van der Waals surface area contributed by atoms with Gasteiger partial charge in [0.25, 0.3) is 0 Å². The van der Waals surface area contributed by atoms with Gasteiger partial charge in [-0.1, -0.05) is 44.2 Å². The Bertz CT molecular complexity index is 261. The maximum atomic E-state index is 8.88. The number of rotatable bonds is 1. The van der Waals surface area contributed by atoms with Crippen molar-refractivity contribution in [2.24, 2.45) is 4.99 Å². The summed E-state index contributed by atoms with van der Waals surface area (Å²) in [7, 11) is 1.38. The first-order valence-corrected chi connectivity index (χ1v) is 4.23. The van der Waals surface area contributed by atoms with E-state index in [-0.39, 0.29) is 0 Å². The molecule has 0 aliphatic carbocycles. The summed E-state index contributed by atoms with van der Waals surface area (Å²) in [5, 5.41) is 0. The first-order valence-electron chi connectivity index (χ1n) is 4.23. The number of benzene rings is 1. The van der Waals surface area contributed by atoms with Crippen molar-refractivity contribution >= 4 is 6.08 Å². The van der Waals surface area contributed by atoms with Crippen molar-refractivity contribution in [3.63, 3.8) is 0 Å². The summed E-state index contributed by atoms with van der Waals surface area (Å²) in [4.78, 5) is 11.8. The summed E-state index contributed by atoms with van der Waals surface area (Å²) in [6.07, 6.45) is 1.31. The lowest BCUT2D eigenvalue weighted by atomic mass is 10.0. The van der Waals surface area contributed by atoms with Crippen molar-refractivity contribution in [1.82, 2.24) is 0 Å². The topological polar surface area (TPSA) is 29.4 Å². The number of hydrogen-bond donors (Lipinski definition) is 0. The molecule has 1 aromatic rings. The summed E-state index contributed by atoms with van der Waals surface area (Å²) in [6.45, 7) is 4.41. The van der Waals surface area contributed by atoms with Crippen molar-refractivity contribution < 1.29 is 4.79 Å². The number of carbonyl (C=O) groups excluding carboxylic acids is 1. The van der Waals surface area contributed by atoms with Gasteiger partial charge in [-0.2, -0.15) is 0 Å². The molecule has 0 saturated carbocycles. The van der Waals surface area contributed by atoms with E-state index in [2.05, 4.69) is 43.1 Å².